The number of rotatable bonds is 5. The Morgan fingerprint density at radius 2 is 2.00 bits per heavy atom. The second-order valence-corrected chi connectivity index (χ2v) is 8.45. The first-order chi connectivity index (χ1) is 13.5. The molecule has 0 spiro atoms. The molecular weight excluding hydrogens is 350 g/mol. The lowest BCUT2D eigenvalue weighted by Crippen LogP contribution is -2.47. The van der Waals surface area contributed by atoms with Crippen molar-refractivity contribution in [3.8, 4) is 5.69 Å². The lowest BCUT2D eigenvalue weighted by atomic mass is 9.78. The Morgan fingerprint density at radius 3 is 2.71 bits per heavy atom. The van der Waals surface area contributed by atoms with Gasteiger partial charge in [0.2, 0.25) is 0 Å². The van der Waals surface area contributed by atoms with Crippen LogP contribution in [0.15, 0.2) is 47.6 Å². The van der Waals surface area contributed by atoms with Crippen LogP contribution in [0.25, 0.3) is 5.69 Å². The monoisotopic (exact) mass is 383 g/mol. The van der Waals surface area contributed by atoms with Crippen LogP contribution in [0.2, 0.25) is 0 Å². The lowest BCUT2D eigenvalue weighted by molar-refractivity contribution is -0.0835. The molecule has 152 valence electrons. The highest BCUT2D eigenvalue weighted by Crippen LogP contribution is 2.33. The standard InChI is InChI=1S/C22H33N5O/c1-22(2,3)20-17(9-8-14-28-20)15-24-21(23-4)25-16-18-12-13-27(26-18)19-10-6-5-7-11-19/h5-7,10-13,17,20H,8-9,14-16H2,1-4H3,(H2,23,24,25). The second-order valence-electron chi connectivity index (χ2n) is 8.45. The summed E-state index contributed by atoms with van der Waals surface area (Å²) in [6.07, 6.45) is 4.57. The van der Waals surface area contributed by atoms with Gasteiger partial charge in [0.15, 0.2) is 5.96 Å². The second kappa shape index (κ2) is 9.24. The molecule has 0 bridgehead atoms. The van der Waals surface area contributed by atoms with Crippen molar-refractivity contribution in [1.29, 1.82) is 0 Å². The van der Waals surface area contributed by atoms with Gasteiger partial charge in [0.1, 0.15) is 0 Å². The molecule has 0 aliphatic carbocycles. The van der Waals surface area contributed by atoms with E-state index in [1.165, 1.54) is 6.42 Å². The SMILES string of the molecule is CN=C(NCc1ccn(-c2ccccc2)n1)NCC1CCCOC1C(C)(C)C. The molecule has 1 saturated heterocycles. The molecule has 1 aromatic carbocycles. The summed E-state index contributed by atoms with van der Waals surface area (Å²) >= 11 is 0. The van der Waals surface area contributed by atoms with Gasteiger partial charge < -0.3 is 15.4 Å². The van der Waals surface area contributed by atoms with E-state index < -0.39 is 0 Å². The van der Waals surface area contributed by atoms with Crippen LogP contribution in [0, 0.1) is 11.3 Å². The molecule has 2 N–H and O–H groups in total. The van der Waals surface area contributed by atoms with Gasteiger partial charge in [0.05, 0.1) is 24.0 Å². The van der Waals surface area contributed by atoms with Crippen molar-refractivity contribution >= 4 is 5.96 Å². The predicted molar refractivity (Wildman–Crippen MR) is 114 cm³/mol. The van der Waals surface area contributed by atoms with E-state index in [-0.39, 0.29) is 11.5 Å². The quantitative estimate of drug-likeness (QED) is 0.614. The average molecular weight is 384 g/mol. The highest BCUT2D eigenvalue weighted by molar-refractivity contribution is 5.79. The molecule has 2 atom stereocenters. The molecule has 6 nitrogen and oxygen atoms in total. The van der Waals surface area contributed by atoms with Gasteiger partial charge in [0.25, 0.3) is 0 Å². The first kappa shape index (κ1) is 20.4. The molecule has 2 aromatic rings. The van der Waals surface area contributed by atoms with E-state index in [0.717, 1.165) is 36.9 Å². The van der Waals surface area contributed by atoms with Crippen molar-refractivity contribution in [3.63, 3.8) is 0 Å². The maximum absolute atomic E-state index is 6.08. The summed E-state index contributed by atoms with van der Waals surface area (Å²) in [7, 11) is 1.80. The van der Waals surface area contributed by atoms with E-state index in [1.807, 2.05) is 47.3 Å². The molecule has 1 fully saturated rings. The van der Waals surface area contributed by atoms with E-state index in [9.17, 15) is 0 Å². The zero-order valence-electron chi connectivity index (χ0n) is 17.5. The van der Waals surface area contributed by atoms with E-state index >= 15 is 0 Å². The topological polar surface area (TPSA) is 63.5 Å². The fourth-order valence-electron chi connectivity index (χ4n) is 3.81. The number of hydrogen-bond acceptors (Lipinski definition) is 3. The number of ether oxygens (including phenoxy) is 1. The van der Waals surface area contributed by atoms with Gasteiger partial charge in [-0.25, -0.2) is 4.68 Å². The summed E-state index contributed by atoms with van der Waals surface area (Å²) in [4.78, 5) is 4.36. The zero-order valence-corrected chi connectivity index (χ0v) is 17.5. The number of benzene rings is 1. The Bertz CT molecular complexity index is 763. The molecule has 1 aliphatic heterocycles. The minimum Gasteiger partial charge on any atom is -0.377 e. The Balaban J connectivity index is 1.52. The van der Waals surface area contributed by atoms with Gasteiger partial charge in [-0.3, -0.25) is 4.99 Å². The fraction of sp³-hybridized carbons (Fsp3) is 0.545. The van der Waals surface area contributed by atoms with Crippen molar-refractivity contribution in [1.82, 2.24) is 20.4 Å². The summed E-state index contributed by atoms with van der Waals surface area (Å²) in [6.45, 7) is 9.13. The molecule has 6 heteroatoms. The van der Waals surface area contributed by atoms with Crippen LogP contribution in [0.3, 0.4) is 0 Å². The third-order valence-corrected chi connectivity index (χ3v) is 5.16. The van der Waals surface area contributed by atoms with Crippen LogP contribution in [0.5, 0.6) is 0 Å². The van der Waals surface area contributed by atoms with E-state index in [2.05, 4.69) is 41.5 Å². The third kappa shape index (κ3) is 5.35. The fourth-order valence-corrected chi connectivity index (χ4v) is 3.81. The smallest absolute Gasteiger partial charge is 0.191 e. The number of para-hydroxylation sites is 1. The molecule has 2 heterocycles. The Morgan fingerprint density at radius 1 is 1.21 bits per heavy atom. The molecule has 28 heavy (non-hydrogen) atoms. The summed E-state index contributed by atoms with van der Waals surface area (Å²) in [5.74, 6) is 1.29. The molecule has 0 radical (unpaired) electrons. The minimum absolute atomic E-state index is 0.147. The third-order valence-electron chi connectivity index (χ3n) is 5.16. The van der Waals surface area contributed by atoms with Gasteiger partial charge in [-0.1, -0.05) is 39.0 Å². The van der Waals surface area contributed by atoms with Crippen LogP contribution in [-0.2, 0) is 11.3 Å². The van der Waals surface area contributed by atoms with Crippen molar-refractivity contribution in [3.05, 3.63) is 48.3 Å². The summed E-state index contributed by atoms with van der Waals surface area (Å²) in [6, 6.07) is 12.1. The van der Waals surface area contributed by atoms with Crippen LogP contribution >= 0.6 is 0 Å². The van der Waals surface area contributed by atoms with Crippen LogP contribution < -0.4 is 10.6 Å². The Hall–Kier alpha value is -2.34. The first-order valence-electron chi connectivity index (χ1n) is 10.1. The number of nitrogens with zero attached hydrogens (tertiary/aromatic N) is 3. The van der Waals surface area contributed by atoms with Crippen molar-refractivity contribution in [2.24, 2.45) is 16.3 Å². The van der Waals surface area contributed by atoms with Gasteiger partial charge in [-0.05, 0) is 36.5 Å². The first-order valence-corrected chi connectivity index (χ1v) is 10.1. The highest BCUT2D eigenvalue weighted by Gasteiger charge is 2.35. The van der Waals surface area contributed by atoms with Crippen molar-refractivity contribution < 1.29 is 4.74 Å². The molecule has 2 unspecified atom stereocenters. The summed E-state index contributed by atoms with van der Waals surface area (Å²) in [5.41, 5.74) is 2.18. The number of aromatic nitrogens is 2. The van der Waals surface area contributed by atoms with E-state index in [4.69, 9.17) is 4.74 Å². The maximum atomic E-state index is 6.08. The van der Waals surface area contributed by atoms with Gasteiger partial charge in [-0.15, -0.1) is 0 Å². The van der Waals surface area contributed by atoms with Crippen molar-refractivity contribution in [2.75, 3.05) is 20.2 Å². The lowest BCUT2D eigenvalue weighted by Gasteiger charge is -2.40. The molecule has 3 rings (SSSR count). The Labute approximate surface area is 168 Å². The predicted octanol–water partition coefficient (Wildman–Crippen LogP) is 3.38. The number of guanidine groups is 1. The van der Waals surface area contributed by atoms with Crippen LogP contribution in [0.1, 0.15) is 39.3 Å². The molecule has 1 aliphatic rings. The van der Waals surface area contributed by atoms with Crippen LogP contribution in [-0.4, -0.2) is 42.0 Å². The summed E-state index contributed by atoms with van der Waals surface area (Å²) in [5, 5.41) is 11.5. The number of nitrogens with one attached hydrogen (secondary N) is 2. The van der Waals surface area contributed by atoms with Gasteiger partial charge in [-0.2, -0.15) is 5.10 Å². The van der Waals surface area contributed by atoms with Crippen molar-refractivity contribution in [2.45, 2.75) is 46.3 Å². The zero-order chi connectivity index (χ0) is 20.0. The minimum atomic E-state index is 0.147. The molecule has 0 amide bonds. The van der Waals surface area contributed by atoms with E-state index in [1.54, 1.807) is 7.05 Å². The highest BCUT2D eigenvalue weighted by atomic mass is 16.5. The molecular formula is C22H33N5O. The molecule has 1 aromatic heterocycles. The normalized spacial score (nSPS) is 20.8. The maximum Gasteiger partial charge on any atom is 0.191 e. The van der Waals surface area contributed by atoms with E-state index in [0.29, 0.717) is 12.5 Å². The summed E-state index contributed by atoms with van der Waals surface area (Å²) < 4.78 is 7.97. The Kier molecular flexibility index (Phi) is 6.73. The van der Waals surface area contributed by atoms with Gasteiger partial charge >= 0.3 is 0 Å². The number of aliphatic imine (C=N–C) groups is 1. The molecule has 0 saturated carbocycles. The largest absolute Gasteiger partial charge is 0.377 e. The van der Waals surface area contributed by atoms with Gasteiger partial charge in [0, 0.05) is 32.3 Å². The number of hydrogen-bond donors (Lipinski definition) is 2. The van der Waals surface area contributed by atoms with Crippen LogP contribution in [0.4, 0.5) is 0 Å². The average Bonchev–Trinajstić information content (AvgIpc) is 3.17.